The third-order valence-electron chi connectivity index (χ3n) is 4.40. The lowest BCUT2D eigenvalue weighted by Gasteiger charge is -2.31. The van der Waals surface area contributed by atoms with Gasteiger partial charge in [0.05, 0.1) is 0 Å². The molecule has 1 aliphatic heterocycles. The van der Waals surface area contributed by atoms with E-state index in [1.807, 2.05) is 0 Å². The summed E-state index contributed by atoms with van der Waals surface area (Å²) < 4.78 is 0. The Morgan fingerprint density at radius 2 is 1.80 bits per heavy atom. The summed E-state index contributed by atoms with van der Waals surface area (Å²) in [5, 5.41) is 3.83. The number of benzene rings is 1. The highest BCUT2D eigenvalue weighted by Crippen LogP contribution is 2.23. The lowest BCUT2D eigenvalue weighted by atomic mass is 9.94. The standard InChI is InChI=1S/C18H30N2/c1-15(2)13-18(17-7-5-4-6-8-17)19-14-16-9-11-20(3)12-10-16/h4-8,15-16,18-19H,9-14H2,1-3H3. The summed E-state index contributed by atoms with van der Waals surface area (Å²) in [7, 11) is 2.23. The smallest absolute Gasteiger partial charge is 0.0322 e. The molecule has 1 fully saturated rings. The molecule has 0 spiro atoms. The highest BCUT2D eigenvalue weighted by molar-refractivity contribution is 5.18. The van der Waals surface area contributed by atoms with E-state index in [2.05, 4.69) is 61.4 Å². The van der Waals surface area contributed by atoms with E-state index in [1.54, 1.807) is 0 Å². The quantitative estimate of drug-likeness (QED) is 0.851. The Bertz CT molecular complexity index is 366. The molecule has 1 aliphatic rings. The van der Waals surface area contributed by atoms with Crippen molar-refractivity contribution in [3.63, 3.8) is 0 Å². The van der Waals surface area contributed by atoms with Gasteiger partial charge in [-0.1, -0.05) is 44.2 Å². The van der Waals surface area contributed by atoms with Gasteiger partial charge in [-0.2, -0.15) is 0 Å². The van der Waals surface area contributed by atoms with E-state index in [1.165, 1.54) is 44.5 Å². The van der Waals surface area contributed by atoms with Crippen molar-refractivity contribution in [1.29, 1.82) is 0 Å². The molecule has 1 heterocycles. The number of nitrogens with one attached hydrogen (secondary N) is 1. The fourth-order valence-corrected chi connectivity index (χ4v) is 3.07. The summed E-state index contributed by atoms with van der Waals surface area (Å²) in [6, 6.07) is 11.4. The number of piperidine rings is 1. The number of hydrogen-bond donors (Lipinski definition) is 1. The molecule has 1 N–H and O–H groups in total. The van der Waals surface area contributed by atoms with Crippen molar-refractivity contribution in [3.8, 4) is 0 Å². The largest absolute Gasteiger partial charge is 0.310 e. The Labute approximate surface area is 124 Å². The lowest BCUT2D eigenvalue weighted by molar-refractivity contribution is 0.211. The molecule has 0 amide bonds. The number of nitrogens with zero attached hydrogens (tertiary/aromatic N) is 1. The molecular formula is C18H30N2. The Hall–Kier alpha value is -0.860. The van der Waals surface area contributed by atoms with Crippen LogP contribution in [-0.2, 0) is 0 Å². The molecule has 1 atom stereocenters. The first-order chi connectivity index (χ1) is 9.65. The second-order valence-electron chi connectivity index (χ2n) is 6.75. The molecule has 1 aromatic carbocycles. The SMILES string of the molecule is CC(C)CC(NCC1CCN(C)CC1)c1ccccc1. The predicted octanol–water partition coefficient (Wildman–Crippen LogP) is 3.71. The van der Waals surface area contributed by atoms with Crippen LogP contribution in [0, 0.1) is 11.8 Å². The van der Waals surface area contributed by atoms with Gasteiger partial charge in [-0.3, -0.25) is 0 Å². The maximum absolute atomic E-state index is 3.83. The van der Waals surface area contributed by atoms with E-state index >= 15 is 0 Å². The third-order valence-corrected chi connectivity index (χ3v) is 4.40. The van der Waals surface area contributed by atoms with E-state index in [0.717, 1.165) is 11.8 Å². The monoisotopic (exact) mass is 274 g/mol. The van der Waals surface area contributed by atoms with Crippen molar-refractivity contribution in [2.24, 2.45) is 11.8 Å². The number of rotatable bonds is 6. The summed E-state index contributed by atoms with van der Waals surface area (Å²) in [6.07, 6.45) is 3.90. The Morgan fingerprint density at radius 3 is 2.40 bits per heavy atom. The predicted molar refractivity (Wildman–Crippen MR) is 86.9 cm³/mol. The zero-order valence-electron chi connectivity index (χ0n) is 13.3. The second-order valence-corrected chi connectivity index (χ2v) is 6.75. The molecule has 1 aromatic rings. The summed E-state index contributed by atoms with van der Waals surface area (Å²) >= 11 is 0. The first-order valence-electron chi connectivity index (χ1n) is 8.12. The van der Waals surface area contributed by atoms with Crippen molar-refractivity contribution in [2.75, 3.05) is 26.7 Å². The second kappa shape index (κ2) is 7.80. The van der Waals surface area contributed by atoms with Gasteiger partial charge in [0.15, 0.2) is 0 Å². The van der Waals surface area contributed by atoms with Gasteiger partial charge in [0.25, 0.3) is 0 Å². The van der Waals surface area contributed by atoms with Crippen molar-refractivity contribution >= 4 is 0 Å². The van der Waals surface area contributed by atoms with Crippen LogP contribution in [0.1, 0.15) is 44.7 Å². The minimum atomic E-state index is 0.510. The molecule has 1 unspecified atom stereocenters. The summed E-state index contributed by atoms with van der Waals surface area (Å²) in [5.74, 6) is 1.58. The summed E-state index contributed by atoms with van der Waals surface area (Å²) in [6.45, 7) is 8.31. The average Bonchev–Trinajstić information content (AvgIpc) is 2.46. The Balaban J connectivity index is 1.88. The number of hydrogen-bond acceptors (Lipinski definition) is 2. The van der Waals surface area contributed by atoms with E-state index in [0.29, 0.717) is 6.04 Å². The highest BCUT2D eigenvalue weighted by Gasteiger charge is 2.19. The first-order valence-corrected chi connectivity index (χ1v) is 8.12. The number of likely N-dealkylation sites (tertiary alicyclic amines) is 1. The fraction of sp³-hybridized carbons (Fsp3) is 0.667. The van der Waals surface area contributed by atoms with Crippen LogP contribution in [0.5, 0.6) is 0 Å². The van der Waals surface area contributed by atoms with Gasteiger partial charge in [0.2, 0.25) is 0 Å². The highest BCUT2D eigenvalue weighted by atomic mass is 15.1. The van der Waals surface area contributed by atoms with Crippen molar-refractivity contribution in [1.82, 2.24) is 10.2 Å². The molecule has 2 nitrogen and oxygen atoms in total. The first kappa shape index (κ1) is 15.5. The molecule has 20 heavy (non-hydrogen) atoms. The van der Waals surface area contributed by atoms with Gasteiger partial charge >= 0.3 is 0 Å². The van der Waals surface area contributed by atoms with Crippen molar-refractivity contribution < 1.29 is 0 Å². The zero-order chi connectivity index (χ0) is 14.4. The van der Waals surface area contributed by atoms with Crippen molar-refractivity contribution in [2.45, 2.75) is 39.2 Å². The van der Waals surface area contributed by atoms with Gasteiger partial charge < -0.3 is 10.2 Å². The summed E-state index contributed by atoms with van der Waals surface area (Å²) in [5.41, 5.74) is 1.44. The van der Waals surface area contributed by atoms with Crippen LogP contribution in [0.3, 0.4) is 0 Å². The van der Waals surface area contributed by atoms with E-state index in [4.69, 9.17) is 0 Å². The van der Waals surface area contributed by atoms with Crippen molar-refractivity contribution in [3.05, 3.63) is 35.9 Å². The normalized spacial score (nSPS) is 19.4. The van der Waals surface area contributed by atoms with E-state index in [9.17, 15) is 0 Å². The third kappa shape index (κ3) is 4.92. The minimum Gasteiger partial charge on any atom is -0.310 e. The zero-order valence-corrected chi connectivity index (χ0v) is 13.3. The molecule has 0 bridgehead atoms. The molecule has 0 saturated carbocycles. The topological polar surface area (TPSA) is 15.3 Å². The molecule has 0 aromatic heterocycles. The molecule has 0 aliphatic carbocycles. The van der Waals surface area contributed by atoms with Gasteiger partial charge in [0.1, 0.15) is 0 Å². The maximum atomic E-state index is 3.83. The molecular weight excluding hydrogens is 244 g/mol. The molecule has 2 rings (SSSR count). The Morgan fingerprint density at radius 1 is 1.15 bits per heavy atom. The maximum Gasteiger partial charge on any atom is 0.0322 e. The molecule has 1 saturated heterocycles. The van der Waals surface area contributed by atoms with Gasteiger partial charge in [-0.25, -0.2) is 0 Å². The lowest BCUT2D eigenvalue weighted by Crippen LogP contribution is -2.36. The van der Waals surface area contributed by atoms with Gasteiger partial charge in [-0.05, 0) is 63.3 Å². The van der Waals surface area contributed by atoms with Crippen LogP contribution in [0.15, 0.2) is 30.3 Å². The van der Waals surface area contributed by atoms with E-state index in [-0.39, 0.29) is 0 Å². The van der Waals surface area contributed by atoms with Crippen LogP contribution in [0.4, 0.5) is 0 Å². The van der Waals surface area contributed by atoms with Crippen LogP contribution < -0.4 is 5.32 Å². The molecule has 0 radical (unpaired) electrons. The van der Waals surface area contributed by atoms with Gasteiger partial charge in [-0.15, -0.1) is 0 Å². The van der Waals surface area contributed by atoms with Crippen LogP contribution in [-0.4, -0.2) is 31.6 Å². The summed E-state index contributed by atoms with van der Waals surface area (Å²) in [4.78, 5) is 2.44. The Kier molecular flexibility index (Phi) is 6.06. The van der Waals surface area contributed by atoms with Crippen LogP contribution in [0.2, 0.25) is 0 Å². The van der Waals surface area contributed by atoms with Gasteiger partial charge in [0, 0.05) is 6.04 Å². The molecule has 112 valence electrons. The van der Waals surface area contributed by atoms with E-state index < -0.39 is 0 Å². The van der Waals surface area contributed by atoms with Crippen LogP contribution >= 0.6 is 0 Å². The minimum absolute atomic E-state index is 0.510. The fourth-order valence-electron chi connectivity index (χ4n) is 3.07. The average molecular weight is 274 g/mol. The van der Waals surface area contributed by atoms with Crippen LogP contribution in [0.25, 0.3) is 0 Å². The molecule has 2 heteroatoms.